The van der Waals surface area contributed by atoms with Crippen molar-refractivity contribution in [3.63, 3.8) is 0 Å². The van der Waals surface area contributed by atoms with Crippen LogP contribution in [-0.4, -0.2) is 23.7 Å². The van der Waals surface area contributed by atoms with Crippen LogP contribution in [0.3, 0.4) is 0 Å². The van der Waals surface area contributed by atoms with E-state index in [0.29, 0.717) is 12.8 Å². The fourth-order valence-electron chi connectivity index (χ4n) is 1.55. The monoisotopic (exact) mass is 280 g/mol. The second kappa shape index (κ2) is 7.94. The van der Waals surface area contributed by atoms with Crippen LogP contribution in [0.1, 0.15) is 54.4 Å². The Morgan fingerprint density at radius 1 is 0.850 bits per heavy atom. The normalized spacial score (nSPS) is 17.7. The summed E-state index contributed by atoms with van der Waals surface area (Å²) in [6, 6.07) is 4.05. The minimum atomic E-state index is -1.37. The number of azo groups is 1. The Balaban J connectivity index is 5.37. The van der Waals surface area contributed by atoms with Gasteiger partial charge in [0, 0.05) is 12.8 Å². The van der Waals surface area contributed by atoms with E-state index in [1.54, 1.807) is 13.8 Å². The van der Waals surface area contributed by atoms with Gasteiger partial charge in [0.25, 0.3) is 11.4 Å². The summed E-state index contributed by atoms with van der Waals surface area (Å²) in [5.74, 6) is 0. The Morgan fingerprint density at radius 2 is 1.15 bits per heavy atom. The molecule has 0 aromatic carbocycles. The van der Waals surface area contributed by atoms with Gasteiger partial charge in [-0.2, -0.15) is 10.5 Å². The van der Waals surface area contributed by atoms with Crippen molar-refractivity contribution in [1.82, 2.24) is 0 Å². The second-order valence-corrected chi connectivity index (χ2v) is 5.03. The second-order valence-electron chi connectivity index (χ2n) is 5.03. The van der Waals surface area contributed by atoms with Crippen molar-refractivity contribution < 1.29 is 9.47 Å². The van der Waals surface area contributed by atoms with Crippen molar-refractivity contribution in [2.45, 2.75) is 78.0 Å². The zero-order valence-electron chi connectivity index (χ0n) is 13.2. The van der Waals surface area contributed by atoms with Crippen molar-refractivity contribution in [3.8, 4) is 12.1 Å². The molecule has 0 aromatic rings. The molecule has 0 fully saturated rings. The van der Waals surface area contributed by atoms with Crippen molar-refractivity contribution in [2.24, 2.45) is 10.2 Å². The molecular formula is C14H24N4O2. The highest BCUT2D eigenvalue weighted by atomic mass is 16.5. The van der Waals surface area contributed by atoms with Gasteiger partial charge >= 0.3 is 0 Å². The lowest BCUT2D eigenvalue weighted by molar-refractivity contribution is -0.0676. The lowest BCUT2D eigenvalue weighted by Crippen LogP contribution is -2.34. The lowest BCUT2D eigenvalue weighted by atomic mass is 10.2. The predicted molar refractivity (Wildman–Crippen MR) is 74.6 cm³/mol. The molecule has 0 heterocycles. The summed E-state index contributed by atoms with van der Waals surface area (Å²) >= 11 is 0. The first-order chi connectivity index (χ1) is 9.28. The van der Waals surface area contributed by atoms with Crippen LogP contribution in [0.2, 0.25) is 0 Å². The minimum absolute atomic E-state index is 0.169. The molecule has 0 aliphatic heterocycles. The van der Waals surface area contributed by atoms with Crippen LogP contribution in [0.5, 0.6) is 0 Å². The van der Waals surface area contributed by atoms with Gasteiger partial charge in [0.2, 0.25) is 0 Å². The molecule has 0 saturated carbocycles. The van der Waals surface area contributed by atoms with Crippen LogP contribution in [0.15, 0.2) is 10.2 Å². The first-order valence-electron chi connectivity index (χ1n) is 6.90. The molecule has 0 spiro atoms. The molecule has 0 aliphatic rings. The molecule has 0 aliphatic carbocycles. The Kier molecular flexibility index (Phi) is 7.34. The molecule has 0 rings (SSSR count). The molecule has 2 unspecified atom stereocenters. The van der Waals surface area contributed by atoms with Gasteiger partial charge in [-0.25, -0.2) is 0 Å². The fourth-order valence-corrected chi connectivity index (χ4v) is 1.55. The smallest absolute Gasteiger partial charge is 0.266 e. The zero-order chi connectivity index (χ0) is 15.8. The maximum Gasteiger partial charge on any atom is 0.266 e. The van der Waals surface area contributed by atoms with E-state index in [-0.39, 0.29) is 12.2 Å². The first-order valence-corrected chi connectivity index (χ1v) is 6.90. The van der Waals surface area contributed by atoms with Gasteiger partial charge in [0.05, 0.1) is 12.2 Å². The maximum absolute atomic E-state index is 9.30. The van der Waals surface area contributed by atoms with Crippen molar-refractivity contribution in [3.05, 3.63) is 0 Å². The maximum atomic E-state index is 9.30. The van der Waals surface area contributed by atoms with Gasteiger partial charge in [-0.3, -0.25) is 0 Å². The highest BCUT2D eigenvalue weighted by Gasteiger charge is 2.35. The molecule has 0 bridgehead atoms. The summed E-state index contributed by atoms with van der Waals surface area (Å²) in [6.45, 7) is 10.8. The third-order valence-electron chi connectivity index (χ3n) is 2.54. The largest absolute Gasteiger partial charge is 0.338 e. The van der Waals surface area contributed by atoms with Crippen LogP contribution in [0, 0.1) is 22.7 Å². The van der Waals surface area contributed by atoms with Crippen LogP contribution in [0.4, 0.5) is 0 Å². The van der Waals surface area contributed by atoms with E-state index < -0.39 is 11.4 Å². The van der Waals surface area contributed by atoms with Gasteiger partial charge in [0.15, 0.2) is 0 Å². The number of nitriles is 2. The Hall–Kier alpha value is -1.50. The van der Waals surface area contributed by atoms with Crippen molar-refractivity contribution >= 4 is 0 Å². The Morgan fingerprint density at radius 3 is 1.30 bits per heavy atom. The molecule has 6 heteroatoms. The summed E-state index contributed by atoms with van der Waals surface area (Å²) in [5.41, 5.74) is -2.74. The summed E-state index contributed by atoms with van der Waals surface area (Å²) in [7, 11) is 0. The number of hydrogen-bond acceptors (Lipinski definition) is 6. The van der Waals surface area contributed by atoms with Crippen LogP contribution in [-0.2, 0) is 9.47 Å². The zero-order valence-corrected chi connectivity index (χ0v) is 13.2. The first kappa shape index (κ1) is 18.5. The topological polar surface area (TPSA) is 90.8 Å². The van der Waals surface area contributed by atoms with E-state index in [1.807, 2.05) is 39.8 Å². The van der Waals surface area contributed by atoms with Gasteiger partial charge in [-0.05, 0) is 27.7 Å². The lowest BCUT2D eigenvalue weighted by Gasteiger charge is -2.26. The Labute approximate surface area is 121 Å². The summed E-state index contributed by atoms with van der Waals surface area (Å²) in [5, 5.41) is 26.6. The van der Waals surface area contributed by atoms with Gasteiger partial charge in [-0.1, -0.05) is 13.8 Å². The molecule has 0 amide bonds. The summed E-state index contributed by atoms with van der Waals surface area (Å²) in [4.78, 5) is 0. The average molecular weight is 280 g/mol. The van der Waals surface area contributed by atoms with E-state index in [0.717, 1.165) is 0 Å². The molecule has 20 heavy (non-hydrogen) atoms. The van der Waals surface area contributed by atoms with Gasteiger partial charge in [-0.15, -0.1) is 10.2 Å². The number of rotatable bonds is 8. The summed E-state index contributed by atoms with van der Waals surface area (Å²) < 4.78 is 11.1. The van der Waals surface area contributed by atoms with Crippen LogP contribution in [0.25, 0.3) is 0 Å². The molecule has 6 nitrogen and oxygen atoms in total. The molecule has 0 aromatic heterocycles. The van der Waals surface area contributed by atoms with Crippen LogP contribution < -0.4 is 0 Å². The van der Waals surface area contributed by atoms with Crippen LogP contribution >= 0.6 is 0 Å². The SMILES string of the molecule is CCC(C#N)(/N=N/C(C#N)(CC)OC(C)C)OC(C)C. The molecule has 0 radical (unpaired) electrons. The average Bonchev–Trinajstić information content (AvgIpc) is 2.41. The molecular weight excluding hydrogens is 256 g/mol. The standard InChI is InChI=1S/C14H24N4O2/c1-7-13(9-15,19-11(3)4)17-18-14(8-2,10-16)20-12(5)6/h11-12H,7-8H2,1-6H3/b18-17+. The van der Waals surface area contributed by atoms with Gasteiger partial charge in [0.1, 0.15) is 12.1 Å². The summed E-state index contributed by atoms with van der Waals surface area (Å²) in [6.07, 6.45) is 0.353. The molecule has 0 saturated heterocycles. The fraction of sp³-hybridized carbons (Fsp3) is 0.857. The van der Waals surface area contributed by atoms with E-state index in [1.165, 1.54) is 0 Å². The quantitative estimate of drug-likeness (QED) is 0.636. The number of nitrogens with zero attached hydrogens (tertiary/aromatic N) is 4. The third kappa shape index (κ3) is 5.24. The molecule has 112 valence electrons. The number of hydrogen-bond donors (Lipinski definition) is 0. The minimum Gasteiger partial charge on any atom is -0.338 e. The third-order valence-corrected chi connectivity index (χ3v) is 2.54. The number of ether oxygens (including phenoxy) is 2. The van der Waals surface area contributed by atoms with E-state index in [9.17, 15) is 10.5 Å². The van der Waals surface area contributed by atoms with Gasteiger partial charge < -0.3 is 9.47 Å². The van der Waals surface area contributed by atoms with E-state index in [2.05, 4.69) is 10.2 Å². The predicted octanol–water partition coefficient (Wildman–Crippen LogP) is 3.55. The highest BCUT2D eigenvalue weighted by Crippen LogP contribution is 2.25. The molecule has 2 atom stereocenters. The highest BCUT2D eigenvalue weighted by molar-refractivity contribution is 5.03. The Bertz CT molecular complexity index is 370. The van der Waals surface area contributed by atoms with Crippen molar-refractivity contribution in [1.29, 1.82) is 10.5 Å². The van der Waals surface area contributed by atoms with E-state index in [4.69, 9.17) is 9.47 Å². The van der Waals surface area contributed by atoms with Crippen molar-refractivity contribution in [2.75, 3.05) is 0 Å². The molecule has 0 N–H and O–H groups in total. The van der Waals surface area contributed by atoms with E-state index >= 15 is 0 Å².